The van der Waals surface area contributed by atoms with Crippen LogP contribution in [-0.2, 0) is 0 Å². The van der Waals surface area contributed by atoms with Crippen molar-refractivity contribution in [1.82, 2.24) is 9.88 Å². The van der Waals surface area contributed by atoms with E-state index < -0.39 is 17.5 Å². The van der Waals surface area contributed by atoms with Gasteiger partial charge in [0.2, 0.25) is 0 Å². The number of amides is 2. The monoisotopic (exact) mass is 339 g/mol. The highest BCUT2D eigenvalue weighted by atomic mass is 32.1. The number of hydrogen-bond donors (Lipinski definition) is 1. The Bertz CT molecular complexity index is 713. The lowest BCUT2D eigenvalue weighted by Crippen LogP contribution is -2.27. The molecular weight excluding hydrogens is 324 g/mol. The Morgan fingerprint density at radius 2 is 1.91 bits per heavy atom. The van der Waals surface area contributed by atoms with Crippen molar-refractivity contribution in [3.63, 3.8) is 0 Å². The largest absolute Gasteiger partial charge is 0.340 e. The van der Waals surface area contributed by atoms with Crippen LogP contribution in [0.5, 0.6) is 0 Å². The highest BCUT2D eigenvalue weighted by Crippen LogP contribution is 2.18. The second kappa shape index (κ2) is 7.28. The number of anilines is 1. The molecule has 5 nitrogen and oxygen atoms in total. The molecule has 2 aromatic rings. The van der Waals surface area contributed by atoms with E-state index >= 15 is 0 Å². The van der Waals surface area contributed by atoms with Gasteiger partial charge in [0.25, 0.3) is 11.8 Å². The first-order valence-corrected chi connectivity index (χ1v) is 7.77. The van der Waals surface area contributed by atoms with E-state index in [2.05, 4.69) is 10.3 Å². The number of nitrogens with one attached hydrogen (secondary N) is 1. The van der Waals surface area contributed by atoms with Crippen molar-refractivity contribution in [2.45, 2.75) is 13.3 Å². The summed E-state index contributed by atoms with van der Waals surface area (Å²) in [5.41, 5.74) is 0.0559. The van der Waals surface area contributed by atoms with Gasteiger partial charge in [0.15, 0.2) is 5.13 Å². The van der Waals surface area contributed by atoms with Crippen molar-refractivity contribution < 1.29 is 18.4 Å². The van der Waals surface area contributed by atoms with Gasteiger partial charge in [0.05, 0.1) is 0 Å². The zero-order chi connectivity index (χ0) is 17.0. The van der Waals surface area contributed by atoms with Gasteiger partial charge in [-0.05, 0) is 18.6 Å². The maximum Gasteiger partial charge on any atom is 0.273 e. The Kier molecular flexibility index (Phi) is 5.38. The number of benzene rings is 1. The van der Waals surface area contributed by atoms with E-state index in [4.69, 9.17) is 0 Å². The highest BCUT2D eigenvalue weighted by Gasteiger charge is 2.16. The van der Waals surface area contributed by atoms with E-state index in [9.17, 15) is 18.4 Å². The normalized spacial score (nSPS) is 10.4. The molecule has 0 aliphatic carbocycles. The van der Waals surface area contributed by atoms with Crippen LogP contribution in [-0.4, -0.2) is 35.3 Å². The molecule has 23 heavy (non-hydrogen) atoms. The van der Waals surface area contributed by atoms with Crippen molar-refractivity contribution in [2.75, 3.05) is 18.9 Å². The summed E-state index contributed by atoms with van der Waals surface area (Å²) >= 11 is 1.07. The minimum atomic E-state index is -0.841. The number of thiazole rings is 1. The van der Waals surface area contributed by atoms with E-state index in [0.717, 1.165) is 29.9 Å². The Morgan fingerprint density at radius 3 is 2.52 bits per heavy atom. The number of rotatable bonds is 5. The summed E-state index contributed by atoms with van der Waals surface area (Å²) in [5.74, 6) is -2.63. The van der Waals surface area contributed by atoms with E-state index in [1.165, 1.54) is 10.3 Å². The smallest absolute Gasteiger partial charge is 0.273 e. The summed E-state index contributed by atoms with van der Waals surface area (Å²) in [6, 6.07) is 2.53. The van der Waals surface area contributed by atoms with E-state index in [0.29, 0.717) is 12.6 Å². The molecule has 0 unspecified atom stereocenters. The lowest BCUT2D eigenvalue weighted by molar-refractivity contribution is 0.0790. The molecule has 2 amide bonds. The quantitative estimate of drug-likeness (QED) is 0.910. The molecule has 1 aromatic heterocycles. The molecular formula is C15H15F2N3O2S. The third kappa shape index (κ3) is 4.32. The first-order valence-electron chi connectivity index (χ1n) is 6.89. The van der Waals surface area contributed by atoms with Crippen molar-refractivity contribution >= 4 is 28.3 Å². The predicted molar refractivity (Wildman–Crippen MR) is 83.7 cm³/mol. The van der Waals surface area contributed by atoms with E-state index in [1.54, 1.807) is 7.05 Å². The van der Waals surface area contributed by atoms with Gasteiger partial charge in [-0.2, -0.15) is 0 Å². The van der Waals surface area contributed by atoms with Gasteiger partial charge in [-0.25, -0.2) is 13.8 Å². The van der Waals surface area contributed by atoms with Crippen LogP contribution in [0.1, 0.15) is 34.2 Å². The summed E-state index contributed by atoms with van der Waals surface area (Å²) in [6.45, 7) is 2.55. The molecule has 0 aliphatic rings. The van der Waals surface area contributed by atoms with Crippen LogP contribution in [0, 0.1) is 11.6 Å². The van der Waals surface area contributed by atoms with Crippen LogP contribution >= 0.6 is 11.3 Å². The third-order valence-electron chi connectivity index (χ3n) is 2.97. The predicted octanol–water partition coefficient (Wildman–Crippen LogP) is 3.16. The minimum absolute atomic E-state index is 0.159. The zero-order valence-electron chi connectivity index (χ0n) is 12.6. The van der Waals surface area contributed by atoms with Gasteiger partial charge >= 0.3 is 0 Å². The summed E-state index contributed by atoms with van der Waals surface area (Å²) in [5, 5.41) is 4.14. The maximum absolute atomic E-state index is 13.1. The number of hydrogen-bond acceptors (Lipinski definition) is 4. The van der Waals surface area contributed by atoms with Crippen LogP contribution in [0.3, 0.4) is 0 Å². The van der Waals surface area contributed by atoms with E-state index in [-0.39, 0.29) is 22.3 Å². The standard InChI is InChI=1S/C15H15F2N3O2S/c1-3-4-20(2)14(22)12-8-23-15(18-12)19-13(21)9-5-10(16)7-11(17)6-9/h5-8H,3-4H2,1-2H3,(H,18,19,21). The molecule has 0 fully saturated rings. The summed E-state index contributed by atoms with van der Waals surface area (Å²) in [6.07, 6.45) is 0.821. The van der Waals surface area contributed by atoms with Gasteiger partial charge in [0.1, 0.15) is 17.3 Å². The molecule has 0 radical (unpaired) electrons. The number of nitrogens with zero attached hydrogens (tertiary/aromatic N) is 2. The van der Waals surface area contributed by atoms with Crippen molar-refractivity contribution in [2.24, 2.45) is 0 Å². The number of halogens is 2. The van der Waals surface area contributed by atoms with Gasteiger partial charge < -0.3 is 4.90 Å². The zero-order valence-corrected chi connectivity index (χ0v) is 13.4. The average Bonchev–Trinajstić information content (AvgIpc) is 2.94. The second-order valence-electron chi connectivity index (χ2n) is 4.88. The lowest BCUT2D eigenvalue weighted by Gasteiger charge is -2.13. The van der Waals surface area contributed by atoms with Crippen LogP contribution in [0.25, 0.3) is 0 Å². The Balaban J connectivity index is 2.09. The first-order chi connectivity index (χ1) is 10.9. The average molecular weight is 339 g/mol. The van der Waals surface area contributed by atoms with Gasteiger partial charge in [0, 0.05) is 30.6 Å². The summed E-state index contributed by atoms with van der Waals surface area (Å²) in [4.78, 5) is 29.6. The number of carbonyl (C=O) groups excluding carboxylic acids is 2. The Morgan fingerprint density at radius 1 is 1.26 bits per heavy atom. The fourth-order valence-corrected chi connectivity index (χ4v) is 2.60. The lowest BCUT2D eigenvalue weighted by atomic mass is 10.2. The fraction of sp³-hybridized carbons (Fsp3) is 0.267. The third-order valence-corrected chi connectivity index (χ3v) is 3.73. The summed E-state index contributed by atoms with van der Waals surface area (Å²) in [7, 11) is 1.67. The molecule has 8 heteroatoms. The number of carbonyl (C=O) groups is 2. The molecule has 0 spiro atoms. The Hall–Kier alpha value is -2.35. The van der Waals surface area contributed by atoms with Crippen LogP contribution in [0.15, 0.2) is 23.6 Å². The molecule has 122 valence electrons. The maximum atomic E-state index is 13.1. The topological polar surface area (TPSA) is 62.3 Å². The fourth-order valence-electron chi connectivity index (χ4n) is 1.92. The van der Waals surface area contributed by atoms with Crippen LogP contribution < -0.4 is 5.32 Å². The first kappa shape index (κ1) is 17.0. The second-order valence-corrected chi connectivity index (χ2v) is 5.73. The molecule has 0 aliphatic heterocycles. The van der Waals surface area contributed by atoms with Crippen molar-refractivity contribution in [1.29, 1.82) is 0 Å². The molecule has 1 N–H and O–H groups in total. The van der Waals surface area contributed by atoms with Gasteiger partial charge in [-0.1, -0.05) is 6.92 Å². The molecule has 1 aromatic carbocycles. The minimum Gasteiger partial charge on any atom is -0.340 e. The van der Waals surface area contributed by atoms with Gasteiger partial charge in [-0.15, -0.1) is 11.3 Å². The molecule has 1 heterocycles. The molecule has 0 atom stereocenters. The van der Waals surface area contributed by atoms with Crippen molar-refractivity contribution in [3.05, 3.63) is 46.5 Å². The Labute approximate surface area is 136 Å². The van der Waals surface area contributed by atoms with Gasteiger partial charge in [-0.3, -0.25) is 14.9 Å². The van der Waals surface area contributed by atoms with E-state index in [1.807, 2.05) is 6.92 Å². The number of aromatic nitrogens is 1. The van der Waals surface area contributed by atoms with Crippen molar-refractivity contribution in [3.8, 4) is 0 Å². The highest BCUT2D eigenvalue weighted by molar-refractivity contribution is 7.14. The molecule has 0 bridgehead atoms. The molecule has 2 rings (SSSR count). The van der Waals surface area contributed by atoms with Crippen LogP contribution in [0.4, 0.5) is 13.9 Å². The molecule has 0 saturated heterocycles. The molecule has 0 saturated carbocycles. The SMILES string of the molecule is CCCN(C)C(=O)c1csc(NC(=O)c2cc(F)cc(F)c2)n1. The van der Waals surface area contributed by atoms with Crippen LogP contribution in [0.2, 0.25) is 0 Å². The summed E-state index contributed by atoms with van der Waals surface area (Å²) < 4.78 is 26.2.